The van der Waals surface area contributed by atoms with E-state index in [4.69, 9.17) is 14.3 Å². The zero-order chi connectivity index (χ0) is 44.3. The number of benzene rings is 1. The number of aromatic amines is 1. The Labute approximate surface area is 358 Å². The van der Waals surface area contributed by atoms with Crippen molar-refractivity contribution >= 4 is 40.2 Å². The zero-order valence-electron chi connectivity index (χ0n) is 38.3. The van der Waals surface area contributed by atoms with Gasteiger partial charge in [-0.1, -0.05) is 73.1 Å². The summed E-state index contributed by atoms with van der Waals surface area (Å²) in [4.78, 5) is 83.0. The molecule has 2 aliphatic heterocycles. The first-order valence-corrected chi connectivity index (χ1v) is 22.4. The van der Waals surface area contributed by atoms with Crippen LogP contribution in [0.5, 0.6) is 0 Å². The van der Waals surface area contributed by atoms with Gasteiger partial charge < -0.3 is 29.6 Å². The van der Waals surface area contributed by atoms with Gasteiger partial charge in [-0.2, -0.15) is 0 Å². The highest BCUT2D eigenvalue weighted by atomic mass is 16.7. The number of ketones is 2. The maximum Gasteiger partial charge on any atom is 0.250 e. The fourth-order valence-electron chi connectivity index (χ4n) is 9.64. The Morgan fingerprint density at radius 2 is 1.63 bits per heavy atom. The number of fused-ring (bicyclic) bond motifs is 1. The van der Waals surface area contributed by atoms with E-state index in [0.717, 1.165) is 42.1 Å². The Morgan fingerprint density at radius 3 is 2.23 bits per heavy atom. The van der Waals surface area contributed by atoms with Crippen LogP contribution in [0.1, 0.15) is 105 Å². The fraction of sp³-hybridized carbons (Fsp3) is 0.723. The predicted octanol–water partition coefficient (Wildman–Crippen LogP) is 6.24. The number of Topliss-reactive ketones (excluding diaryl/α,β-unsaturated/α-hetero) is 2. The van der Waals surface area contributed by atoms with Crippen molar-refractivity contribution in [2.45, 2.75) is 137 Å². The molecule has 60 heavy (non-hydrogen) atoms. The SMILES string of the molecule is CC[C@H](C)[C@@H]([C@@H](CC(=O)N1CCC[C@H]1[C@H](OC)[C@@H](C)C(=O)C[C@@H](Cc1c[nH]c2ccccc12)C(=O)N1CCCCO1)OC)N(C)C(=O)[C@@H](CC(=O)[C@@H](NC)C(C)C)C(C)C. The molecule has 13 nitrogen and oxygen atoms in total. The third-order valence-corrected chi connectivity index (χ3v) is 13.4. The van der Waals surface area contributed by atoms with E-state index in [9.17, 15) is 24.0 Å². The molecule has 0 aliphatic carbocycles. The minimum Gasteiger partial charge on any atom is -0.379 e. The largest absolute Gasteiger partial charge is 0.379 e. The van der Waals surface area contributed by atoms with Gasteiger partial charge in [-0.15, -0.1) is 0 Å². The number of carbonyl (C=O) groups is 5. The second-order valence-electron chi connectivity index (χ2n) is 18.0. The van der Waals surface area contributed by atoms with Gasteiger partial charge in [0.1, 0.15) is 5.78 Å². The maximum absolute atomic E-state index is 14.4. The molecule has 1 aromatic heterocycles. The number of para-hydroxylation sites is 1. The van der Waals surface area contributed by atoms with Gasteiger partial charge in [0.05, 0.1) is 49.3 Å². The summed E-state index contributed by atoms with van der Waals surface area (Å²) in [6.07, 6.45) is 5.17. The number of amides is 3. The highest BCUT2D eigenvalue weighted by Gasteiger charge is 2.44. The maximum atomic E-state index is 14.4. The molecule has 3 amide bonds. The number of methoxy groups -OCH3 is 2. The smallest absolute Gasteiger partial charge is 0.250 e. The first kappa shape index (κ1) is 49.0. The van der Waals surface area contributed by atoms with Gasteiger partial charge in [-0.3, -0.25) is 28.8 Å². The van der Waals surface area contributed by atoms with E-state index in [2.05, 4.69) is 24.1 Å². The van der Waals surface area contributed by atoms with Gasteiger partial charge in [-0.05, 0) is 68.5 Å². The van der Waals surface area contributed by atoms with Gasteiger partial charge >= 0.3 is 0 Å². The van der Waals surface area contributed by atoms with Crippen LogP contribution in [0.4, 0.5) is 0 Å². The Kier molecular flexibility index (Phi) is 18.8. The first-order valence-electron chi connectivity index (χ1n) is 22.4. The highest BCUT2D eigenvalue weighted by molar-refractivity contribution is 5.91. The fourth-order valence-corrected chi connectivity index (χ4v) is 9.64. The summed E-state index contributed by atoms with van der Waals surface area (Å²) in [6, 6.07) is 6.81. The third-order valence-electron chi connectivity index (χ3n) is 13.4. The number of hydrogen-bond acceptors (Lipinski definition) is 9. The minimum absolute atomic E-state index is 0.00470. The van der Waals surface area contributed by atoms with Crippen molar-refractivity contribution in [1.82, 2.24) is 25.2 Å². The standard InChI is InChI=1S/C47H75N5O8/c1-12-31(6)44(50(9)47(57)36(29(2)3)26-40(54)43(48-8)30(4)5)41(58-10)27-42(55)51-21-17-20-38(51)45(59-11)32(7)39(53)25-33(46(56)52-22-15-16-23-60-52)24-34-28-49-37-19-14-13-18-35(34)37/h13-14,18-19,28-33,36,38,41,43-45,48-49H,12,15-17,20-27H2,1-11H3/t31-,32-,33+,36-,38-,41+,43-,44-,45+/m0/s1. The average Bonchev–Trinajstić information content (AvgIpc) is 3.89. The van der Waals surface area contributed by atoms with E-state index in [-0.39, 0.29) is 78.4 Å². The van der Waals surface area contributed by atoms with Crippen molar-refractivity contribution in [2.75, 3.05) is 48.0 Å². The molecule has 13 heteroatoms. The summed E-state index contributed by atoms with van der Waals surface area (Å²) in [5.41, 5.74) is 1.94. The number of likely N-dealkylation sites (N-methyl/N-ethyl adjacent to an activating group) is 2. The molecule has 0 spiro atoms. The summed E-state index contributed by atoms with van der Waals surface area (Å²) in [7, 11) is 6.71. The number of likely N-dealkylation sites (tertiary alicyclic amines) is 1. The van der Waals surface area contributed by atoms with Crippen molar-refractivity contribution in [3.63, 3.8) is 0 Å². The molecular formula is C47H75N5O8. The van der Waals surface area contributed by atoms with Crippen LogP contribution in [0.25, 0.3) is 10.9 Å². The van der Waals surface area contributed by atoms with Gasteiger partial charge in [-0.25, -0.2) is 5.06 Å². The Hall–Kier alpha value is -3.65. The number of rotatable bonds is 23. The molecule has 0 unspecified atom stereocenters. The number of nitrogens with one attached hydrogen (secondary N) is 2. The molecule has 3 heterocycles. The lowest BCUT2D eigenvalue weighted by molar-refractivity contribution is -0.201. The van der Waals surface area contributed by atoms with E-state index in [1.807, 2.05) is 70.0 Å². The van der Waals surface area contributed by atoms with Gasteiger partial charge in [0.25, 0.3) is 0 Å². The van der Waals surface area contributed by atoms with Crippen molar-refractivity contribution < 1.29 is 38.3 Å². The summed E-state index contributed by atoms with van der Waals surface area (Å²) in [6.45, 7) is 15.4. The van der Waals surface area contributed by atoms with Crippen LogP contribution in [0.2, 0.25) is 0 Å². The second-order valence-corrected chi connectivity index (χ2v) is 18.0. The minimum atomic E-state index is -0.635. The Balaban J connectivity index is 1.51. The number of H-pyrrole nitrogens is 1. The molecule has 2 aromatic rings. The molecule has 1 aromatic carbocycles. The van der Waals surface area contributed by atoms with E-state index in [0.29, 0.717) is 32.5 Å². The van der Waals surface area contributed by atoms with Crippen LogP contribution in [-0.2, 0) is 44.7 Å². The van der Waals surface area contributed by atoms with Gasteiger partial charge in [0, 0.05) is 76.1 Å². The molecule has 2 fully saturated rings. The monoisotopic (exact) mass is 838 g/mol. The quantitative estimate of drug-likeness (QED) is 0.133. The average molecular weight is 838 g/mol. The molecule has 2 saturated heterocycles. The molecule has 4 rings (SSSR count). The summed E-state index contributed by atoms with van der Waals surface area (Å²) >= 11 is 0. The Morgan fingerprint density at radius 1 is 0.917 bits per heavy atom. The number of carbonyl (C=O) groups excluding carboxylic acids is 5. The molecule has 0 saturated carbocycles. The van der Waals surface area contributed by atoms with Crippen molar-refractivity contribution in [1.29, 1.82) is 0 Å². The van der Waals surface area contributed by atoms with Crippen LogP contribution < -0.4 is 5.32 Å². The summed E-state index contributed by atoms with van der Waals surface area (Å²) in [5.74, 6) is -2.28. The van der Waals surface area contributed by atoms with Crippen LogP contribution in [0.3, 0.4) is 0 Å². The normalized spacial score (nSPS) is 20.1. The molecular weight excluding hydrogens is 763 g/mol. The topological polar surface area (TPSA) is 151 Å². The van der Waals surface area contributed by atoms with E-state index in [1.165, 1.54) is 5.06 Å². The molecule has 336 valence electrons. The van der Waals surface area contributed by atoms with Crippen molar-refractivity contribution in [3.8, 4) is 0 Å². The number of nitrogens with zero attached hydrogens (tertiary/aromatic N) is 3. The third kappa shape index (κ3) is 11.8. The molecule has 0 radical (unpaired) electrons. The van der Waals surface area contributed by atoms with Crippen LogP contribution in [-0.4, -0.2) is 127 Å². The molecule has 9 atom stereocenters. The number of aromatic nitrogens is 1. The Bertz CT molecular complexity index is 1720. The van der Waals surface area contributed by atoms with E-state index in [1.54, 1.807) is 33.2 Å². The van der Waals surface area contributed by atoms with E-state index < -0.39 is 36.0 Å². The number of ether oxygens (including phenoxy) is 2. The zero-order valence-corrected chi connectivity index (χ0v) is 38.3. The lowest BCUT2D eigenvalue weighted by atomic mass is 9.84. The van der Waals surface area contributed by atoms with Crippen LogP contribution >= 0.6 is 0 Å². The molecule has 2 aliphatic rings. The lowest BCUT2D eigenvalue weighted by Crippen LogP contribution is -2.54. The highest BCUT2D eigenvalue weighted by Crippen LogP contribution is 2.33. The van der Waals surface area contributed by atoms with Crippen LogP contribution in [0.15, 0.2) is 30.5 Å². The van der Waals surface area contributed by atoms with Gasteiger partial charge in [0.15, 0.2) is 5.78 Å². The van der Waals surface area contributed by atoms with E-state index >= 15 is 0 Å². The molecule has 0 bridgehead atoms. The molecule has 2 N–H and O–H groups in total. The van der Waals surface area contributed by atoms with Crippen molar-refractivity contribution in [3.05, 3.63) is 36.0 Å². The second kappa shape index (κ2) is 23.0. The summed E-state index contributed by atoms with van der Waals surface area (Å²) in [5, 5.41) is 5.57. The first-order chi connectivity index (χ1) is 28.6. The van der Waals surface area contributed by atoms with Gasteiger partial charge in [0.2, 0.25) is 17.7 Å². The summed E-state index contributed by atoms with van der Waals surface area (Å²) < 4.78 is 12.2. The predicted molar refractivity (Wildman–Crippen MR) is 234 cm³/mol. The number of hydrogen-bond donors (Lipinski definition) is 2. The van der Waals surface area contributed by atoms with Crippen LogP contribution in [0, 0.1) is 35.5 Å². The number of hydroxylamine groups is 2. The van der Waals surface area contributed by atoms with Crippen molar-refractivity contribution in [2.24, 2.45) is 35.5 Å². The lowest BCUT2D eigenvalue weighted by Gasteiger charge is -2.41.